The summed E-state index contributed by atoms with van der Waals surface area (Å²) >= 11 is 0. The zero-order valence-corrected chi connectivity index (χ0v) is 16.2. The van der Waals surface area contributed by atoms with Crippen LogP contribution in [0.5, 0.6) is 0 Å². The minimum atomic E-state index is -0.395. The number of benzene rings is 1. The van der Waals surface area contributed by atoms with Gasteiger partial charge < -0.3 is 14.2 Å². The summed E-state index contributed by atoms with van der Waals surface area (Å²) in [5.41, 5.74) is 2.25. The van der Waals surface area contributed by atoms with Gasteiger partial charge in [0.15, 0.2) is 11.2 Å². The van der Waals surface area contributed by atoms with E-state index in [1.165, 1.54) is 6.07 Å². The summed E-state index contributed by atoms with van der Waals surface area (Å²) in [7, 11) is 0. The van der Waals surface area contributed by atoms with Crippen LogP contribution in [0.1, 0.15) is 46.3 Å². The molecule has 3 heterocycles. The molecule has 1 aromatic carbocycles. The minimum absolute atomic E-state index is 0.0281. The molecule has 6 heteroatoms. The fourth-order valence-electron chi connectivity index (χ4n) is 3.74. The molecule has 0 unspecified atom stereocenters. The highest BCUT2D eigenvalue weighted by Crippen LogP contribution is 2.25. The molecule has 1 atom stereocenters. The van der Waals surface area contributed by atoms with E-state index >= 15 is 0 Å². The maximum atomic E-state index is 12.7. The maximum Gasteiger partial charge on any atom is 0.287 e. The van der Waals surface area contributed by atoms with E-state index in [0.29, 0.717) is 17.5 Å². The maximum absolute atomic E-state index is 12.7. The van der Waals surface area contributed by atoms with Crippen LogP contribution in [0, 0.1) is 13.8 Å². The van der Waals surface area contributed by atoms with Gasteiger partial charge in [0.05, 0.1) is 17.7 Å². The topological polar surface area (TPSA) is 75.7 Å². The van der Waals surface area contributed by atoms with E-state index in [9.17, 15) is 9.59 Å². The molecule has 2 aromatic heterocycles. The van der Waals surface area contributed by atoms with E-state index < -0.39 is 5.91 Å². The average molecular weight is 380 g/mol. The van der Waals surface area contributed by atoms with Gasteiger partial charge in [-0.3, -0.25) is 14.5 Å². The number of rotatable bonds is 5. The zero-order chi connectivity index (χ0) is 19.7. The molecule has 6 nitrogen and oxygen atoms in total. The van der Waals surface area contributed by atoms with Crippen LogP contribution >= 0.6 is 0 Å². The van der Waals surface area contributed by atoms with Crippen molar-refractivity contribution in [3.05, 3.63) is 69.5 Å². The van der Waals surface area contributed by atoms with E-state index in [0.717, 1.165) is 42.8 Å². The summed E-state index contributed by atoms with van der Waals surface area (Å²) < 4.78 is 11.3. The van der Waals surface area contributed by atoms with Gasteiger partial charge in [-0.15, -0.1) is 0 Å². The Bertz CT molecular complexity index is 1050. The van der Waals surface area contributed by atoms with Crippen LogP contribution in [0.15, 0.2) is 50.2 Å². The molecule has 0 bridgehead atoms. The zero-order valence-electron chi connectivity index (χ0n) is 16.2. The number of hydrogen-bond donors (Lipinski definition) is 1. The molecule has 1 aliphatic heterocycles. The van der Waals surface area contributed by atoms with Crippen LogP contribution < -0.4 is 10.7 Å². The lowest BCUT2D eigenvalue weighted by atomic mass is 10.1. The first-order valence-corrected chi connectivity index (χ1v) is 9.63. The van der Waals surface area contributed by atoms with Crippen LogP contribution in [0.4, 0.5) is 0 Å². The fraction of sp³-hybridized carbons (Fsp3) is 0.364. The van der Waals surface area contributed by atoms with Crippen LogP contribution in [0.25, 0.3) is 11.0 Å². The van der Waals surface area contributed by atoms with Gasteiger partial charge in [0, 0.05) is 12.6 Å². The Hall–Kier alpha value is -2.86. The third-order valence-corrected chi connectivity index (χ3v) is 5.48. The molecule has 146 valence electrons. The molecule has 1 saturated heterocycles. The second kappa shape index (κ2) is 7.64. The van der Waals surface area contributed by atoms with Gasteiger partial charge in [-0.25, -0.2) is 0 Å². The number of likely N-dealkylation sites (tertiary alicyclic amines) is 1. The third kappa shape index (κ3) is 3.60. The van der Waals surface area contributed by atoms with E-state index in [1.54, 1.807) is 18.4 Å². The summed E-state index contributed by atoms with van der Waals surface area (Å²) in [6.45, 7) is 6.24. The number of furan rings is 1. The molecule has 1 amide bonds. The largest absolute Gasteiger partial charge is 0.468 e. The summed E-state index contributed by atoms with van der Waals surface area (Å²) in [5.74, 6) is 0.460. The van der Waals surface area contributed by atoms with Crippen molar-refractivity contribution < 1.29 is 13.6 Å². The molecule has 4 rings (SSSR count). The number of aryl methyl sites for hydroxylation is 2. The SMILES string of the molecule is Cc1cc2oc(C(=O)NC[C@H](c3ccco3)N3CCCC3)cc(=O)c2cc1C. The Labute approximate surface area is 163 Å². The Balaban J connectivity index is 1.55. The molecule has 0 radical (unpaired) electrons. The van der Waals surface area contributed by atoms with Crippen molar-refractivity contribution in [1.29, 1.82) is 0 Å². The average Bonchev–Trinajstić information content (AvgIpc) is 3.38. The molecule has 0 spiro atoms. The Morgan fingerprint density at radius 1 is 1.18 bits per heavy atom. The summed E-state index contributed by atoms with van der Waals surface area (Å²) in [5, 5.41) is 3.40. The highest BCUT2D eigenvalue weighted by molar-refractivity contribution is 5.93. The summed E-state index contributed by atoms with van der Waals surface area (Å²) in [6, 6.07) is 8.63. The molecule has 28 heavy (non-hydrogen) atoms. The normalized spacial score (nSPS) is 15.8. The highest BCUT2D eigenvalue weighted by atomic mass is 16.3. The number of hydrogen-bond acceptors (Lipinski definition) is 5. The summed E-state index contributed by atoms with van der Waals surface area (Å²) in [4.78, 5) is 27.4. The van der Waals surface area contributed by atoms with Crippen molar-refractivity contribution >= 4 is 16.9 Å². The van der Waals surface area contributed by atoms with Crippen molar-refractivity contribution in [3.8, 4) is 0 Å². The molecular weight excluding hydrogens is 356 g/mol. The lowest BCUT2D eigenvalue weighted by Crippen LogP contribution is -2.36. The first-order valence-electron chi connectivity index (χ1n) is 9.63. The van der Waals surface area contributed by atoms with Crippen molar-refractivity contribution in [1.82, 2.24) is 10.2 Å². The Kier molecular flexibility index (Phi) is 5.05. The van der Waals surface area contributed by atoms with E-state index in [-0.39, 0.29) is 17.2 Å². The van der Waals surface area contributed by atoms with Crippen LogP contribution in [-0.4, -0.2) is 30.4 Å². The first-order chi connectivity index (χ1) is 13.5. The second-order valence-electron chi connectivity index (χ2n) is 7.39. The van der Waals surface area contributed by atoms with Gasteiger partial charge in [0.1, 0.15) is 11.3 Å². The van der Waals surface area contributed by atoms with E-state index in [2.05, 4.69) is 10.2 Å². The third-order valence-electron chi connectivity index (χ3n) is 5.48. The molecule has 0 aliphatic carbocycles. The van der Waals surface area contributed by atoms with Crippen molar-refractivity contribution in [2.75, 3.05) is 19.6 Å². The monoisotopic (exact) mass is 380 g/mol. The number of carbonyl (C=O) groups is 1. The minimum Gasteiger partial charge on any atom is -0.468 e. The molecule has 0 saturated carbocycles. The standard InChI is InChI=1S/C22H24N2O4/c1-14-10-16-18(25)12-21(28-20(16)11-15(14)2)22(26)23-13-17(19-6-5-9-27-19)24-7-3-4-8-24/h5-6,9-12,17H,3-4,7-8,13H2,1-2H3,(H,23,26)/t17-/m1/s1. The molecule has 1 fully saturated rings. The van der Waals surface area contributed by atoms with Gasteiger partial charge in [-0.1, -0.05) is 0 Å². The lowest BCUT2D eigenvalue weighted by Gasteiger charge is -2.25. The van der Waals surface area contributed by atoms with Crippen molar-refractivity contribution in [3.63, 3.8) is 0 Å². The predicted octanol–water partition coefficient (Wildman–Crippen LogP) is 3.57. The molecular formula is C22H24N2O4. The predicted molar refractivity (Wildman–Crippen MR) is 107 cm³/mol. The van der Waals surface area contributed by atoms with Gasteiger partial charge in [-0.2, -0.15) is 0 Å². The van der Waals surface area contributed by atoms with E-state index in [4.69, 9.17) is 8.83 Å². The van der Waals surface area contributed by atoms with Crippen LogP contribution in [0.3, 0.4) is 0 Å². The Morgan fingerprint density at radius 3 is 2.64 bits per heavy atom. The van der Waals surface area contributed by atoms with Gasteiger partial charge >= 0.3 is 0 Å². The molecule has 1 aliphatic rings. The fourth-order valence-corrected chi connectivity index (χ4v) is 3.74. The van der Waals surface area contributed by atoms with Gasteiger partial charge in [0.25, 0.3) is 5.91 Å². The second-order valence-corrected chi connectivity index (χ2v) is 7.39. The van der Waals surface area contributed by atoms with Gasteiger partial charge in [-0.05, 0) is 75.2 Å². The number of nitrogens with zero attached hydrogens (tertiary/aromatic N) is 1. The number of nitrogens with one attached hydrogen (secondary N) is 1. The molecule has 1 N–H and O–H groups in total. The number of fused-ring (bicyclic) bond motifs is 1. The molecule has 3 aromatic rings. The quantitative estimate of drug-likeness (QED) is 0.732. The van der Waals surface area contributed by atoms with E-state index in [1.807, 2.05) is 26.0 Å². The number of amides is 1. The lowest BCUT2D eigenvalue weighted by molar-refractivity contribution is 0.0906. The first kappa shape index (κ1) is 18.5. The van der Waals surface area contributed by atoms with Crippen LogP contribution in [0.2, 0.25) is 0 Å². The van der Waals surface area contributed by atoms with Gasteiger partial charge in [0.2, 0.25) is 0 Å². The van der Waals surface area contributed by atoms with Crippen molar-refractivity contribution in [2.45, 2.75) is 32.7 Å². The highest BCUT2D eigenvalue weighted by Gasteiger charge is 2.26. The Morgan fingerprint density at radius 2 is 1.93 bits per heavy atom. The smallest absolute Gasteiger partial charge is 0.287 e. The van der Waals surface area contributed by atoms with Crippen molar-refractivity contribution in [2.24, 2.45) is 0 Å². The summed E-state index contributed by atoms with van der Waals surface area (Å²) in [6.07, 6.45) is 3.93. The van der Waals surface area contributed by atoms with Crippen LogP contribution in [-0.2, 0) is 0 Å². The number of carbonyl (C=O) groups excluding carboxylic acids is 1.